The third-order valence-electron chi connectivity index (χ3n) is 2.63. The van der Waals surface area contributed by atoms with Crippen molar-refractivity contribution < 1.29 is 13.9 Å². The second-order valence-corrected chi connectivity index (χ2v) is 4.23. The third-order valence-corrected chi connectivity index (χ3v) is 2.78. The van der Waals surface area contributed by atoms with E-state index in [-0.39, 0.29) is 5.91 Å². The van der Waals surface area contributed by atoms with Gasteiger partial charge >= 0.3 is 0 Å². The topological polar surface area (TPSA) is 42.7 Å². The van der Waals surface area contributed by atoms with Crippen LogP contribution in [0.1, 0.15) is 19.1 Å². The lowest BCUT2D eigenvalue weighted by Crippen LogP contribution is -2.34. The predicted octanol–water partition coefficient (Wildman–Crippen LogP) is 2.32. The van der Waals surface area contributed by atoms with E-state index in [1.54, 1.807) is 11.2 Å². The Hall–Kier alpha value is -1.00. The zero-order valence-electron chi connectivity index (χ0n) is 10.7. The number of nitrogens with zero attached hydrogens (tertiary/aromatic N) is 1. The molecule has 0 saturated carbocycles. The number of likely N-dealkylation sites (N-methyl/N-ethyl adjacent to an activating group) is 1. The molecule has 0 aliphatic carbocycles. The van der Waals surface area contributed by atoms with Crippen LogP contribution in [-0.2, 0) is 16.0 Å². The number of hydrogen-bond donors (Lipinski definition) is 0. The molecule has 1 aromatic heterocycles. The SMILES string of the molecule is CCN(CCOCCCl)C(=O)CCc1ccco1. The van der Waals surface area contributed by atoms with E-state index < -0.39 is 0 Å². The van der Waals surface area contributed by atoms with Gasteiger partial charge in [-0.15, -0.1) is 11.6 Å². The Labute approximate surface area is 113 Å². The number of ether oxygens (including phenoxy) is 1. The molecule has 1 aromatic rings. The number of halogens is 1. The van der Waals surface area contributed by atoms with Gasteiger partial charge < -0.3 is 14.1 Å². The Balaban J connectivity index is 2.23. The van der Waals surface area contributed by atoms with Crippen LogP contribution in [0.2, 0.25) is 0 Å². The molecule has 0 radical (unpaired) electrons. The summed E-state index contributed by atoms with van der Waals surface area (Å²) in [5.41, 5.74) is 0. The van der Waals surface area contributed by atoms with Crippen LogP contribution in [0.15, 0.2) is 22.8 Å². The standard InChI is InChI=1S/C13H20ClNO3/c1-2-15(8-11-17-10-7-14)13(16)6-5-12-4-3-9-18-12/h3-4,9H,2,5-8,10-11H2,1H3. The van der Waals surface area contributed by atoms with Gasteiger partial charge in [-0.1, -0.05) is 0 Å². The average molecular weight is 274 g/mol. The summed E-state index contributed by atoms with van der Waals surface area (Å²) < 4.78 is 10.5. The van der Waals surface area contributed by atoms with Crippen LogP contribution >= 0.6 is 11.6 Å². The van der Waals surface area contributed by atoms with Crippen LogP contribution in [0.25, 0.3) is 0 Å². The summed E-state index contributed by atoms with van der Waals surface area (Å²) in [6, 6.07) is 3.71. The highest BCUT2D eigenvalue weighted by atomic mass is 35.5. The number of carbonyl (C=O) groups excluding carboxylic acids is 1. The Kier molecular flexibility index (Phi) is 7.53. The maximum atomic E-state index is 11.9. The van der Waals surface area contributed by atoms with Crippen LogP contribution in [-0.4, -0.2) is 43.0 Å². The van der Waals surface area contributed by atoms with E-state index in [1.807, 2.05) is 19.1 Å². The van der Waals surface area contributed by atoms with Crippen molar-refractivity contribution in [3.8, 4) is 0 Å². The van der Waals surface area contributed by atoms with Crippen molar-refractivity contribution in [2.24, 2.45) is 0 Å². The van der Waals surface area contributed by atoms with E-state index in [0.717, 1.165) is 5.76 Å². The number of alkyl halides is 1. The van der Waals surface area contributed by atoms with Crippen LogP contribution in [0, 0.1) is 0 Å². The van der Waals surface area contributed by atoms with Crippen LogP contribution in [0.5, 0.6) is 0 Å². The lowest BCUT2D eigenvalue weighted by Gasteiger charge is -2.20. The molecule has 0 saturated heterocycles. The molecule has 5 heteroatoms. The molecule has 0 aromatic carbocycles. The maximum absolute atomic E-state index is 11.9. The number of carbonyl (C=O) groups is 1. The molecule has 0 fully saturated rings. The first-order valence-electron chi connectivity index (χ1n) is 6.21. The molecule has 102 valence electrons. The molecular formula is C13H20ClNO3. The largest absolute Gasteiger partial charge is 0.469 e. The Morgan fingerprint density at radius 2 is 2.33 bits per heavy atom. The summed E-state index contributed by atoms with van der Waals surface area (Å²) >= 11 is 5.50. The molecule has 4 nitrogen and oxygen atoms in total. The van der Waals surface area contributed by atoms with E-state index in [9.17, 15) is 4.79 Å². The molecule has 0 aliphatic heterocycles. The Morgan fingerprint density at radius 3 is 2.94 bits per heavy atom. The van der Waals surface area contributed by atoms with Gasteiger partial charge in [0.15, 0.2) is 0 Å². The maximum Gasteiger partial charge on any atom is 0.223 e. The average Bonchev–Trinajstić information content (AvgIpc) is 2.89. The summed E-state index contributed by atoms with van der Waals surface area (Å²) in [7, 11) is 0. The third kappa shape index (κ3) is 5.56. The zero-order chi connectivity index (χ0) is 13.2. The fourth-order valence-corrected chi connectivity index (χ4v) is 1.74. The van der Waals surface area contributed by atoms with E-state index in [0.29, 0.717) is 45.0 Å². The number of furan rings is 1. The molecule has 0 aliphatic rings. The molecule has 18 heavy (non-hydrogen) atoms. The van der Waals surface area contributed by atoms with Gasteiger partial charge in [-0.05, 0) is 19.1 Å². The van der Waals surface area contributed by atoms with Gasteiger partial charge in [0, 0.05) is 31.8 Å². The summed E-state index contributed by atoms with van der Waals surface area (Å²) in [5, 5.41) is 0. The zero-order valence-corrected chi connectivity index (χ0v) is 11.5. The van der Waals surface area contributed by atoms with Crippen molar-refractivity contribution in [1.82, 2.24) is 4.90 Å². The fraction of sp³-hybridized carbons (Fsp3) is 0.615. The second kappa shape index (κ2) is 9.00. The summed E-state index contributed by atoms with van der Waals surface area (Å²) in [6.07, 6.45) is 2.74. The van der Waals surface area contributed by atoms with Crippen molar-refractivity contribution in [3.63, 3.8) is 0 Å². The van der Waals surface area contributed by atoms with Crippen LogP contribution < -0.4 is 0 Å². The van der Waals surface area contributed by atoms with Crippen molar-refractivity contribution in [2.45, 2.75) is 19.8 Å². The van der Waals surface area contributed by atoms with E-state index >= 15 is 0 Å². The molecule has 1 amide bonds. The number of hydrogen-bond acceptors (Lipinski definition) is 3. The van der Waals surface area contributed by atoms with Crippen LogP contribution in [0.3, 0.4) is 0 Å². The first kappa shape index (κ1) is 15.1. The highest BCUT2D eigenvalue weighted by molar-refractivity contribution is 6.17. The van der Waals surface area contributed by atoms with Gasteiger partial charge in [0.05, 0.1) is 19.5 Å². The van der Waals surface area contributed by atoms with Gasteiger partial charge in [-0.3, -0.25) is 4.79 Å². The number of aryl methyl sites for hydroxylation is 1. The first-order valence-corrected chi connectivity index (χ1v) is 6.75. The van der Waals surface area contributed by atoms with Crippen molar-refractivity contribution in [1.29, 1.82) is 0 Å². The summed E-state index contributed by atoms with van der Waals surface area (Å²) in [6.45, 7) is 4.34. The number of amides is 1. The quantitative estimate of drug-likeness (QED) is 0.512. The molecule has 0 bridgehead atoms. The normalized spacial score (nSPS) is 10.6. The monoisotopic (exact) mass is 273 g/mol. The smallest absolute Gasteiger partial charge is 0.223 e. The van der Waals surface area contributed by atoms with Gasteiger partial charge in [-0.25, -0.2) is 0 Å². The molecule has 0 spiro atoms. The van der Waals surface area contributed by atoms with Gasteiger partial charge in [0.25, 0.3) is 0 Å². The summed E-state index contributed by atoms with van der Waals surface area (Å²) in [4.78, 5) is 13.7. The molecule has 0 unspecified atom stereocenters. The molecule has 1 rings (SSSR count). The lowest BCUT2D eigenvalue weighted by atomic mass is 10.2. The van der Waals surface area contributed by atoms with E-state index in [4.69, 9.17) is 20.8 Å². The minimum absolute atomic E-state index is 0.128. The molecule has 1 heterocycles. The highest BCUT2D eigenvalue weighted by Crippen LogP contribution is 2.05. The predicted molar refractivity (Wildman–Crippen MR) is 70.8 cm³/mol. The fourth-order valence-electron chi connectivity index (χ4n) is 1.63. The first-order chi connectivity index (χ1) is 8.77. The lowest BCUT2D eigenvalue weighted by molar-refractivity contribution is -0.131. The van der Waals surface area contributed by atoms with E-state index in [2.05, 4.69) is 0 Å². The number of rotatable bonds is 9. The van der Waals surface area contributed by atoms with Crippen molar-refractivity contribution in [2.75, 3.05) is 32.2 Å². The van der Waals surface area contributed by atoms with Crippen molar-refractivity contribution in [3.05, 3.63) is 24.2 Å². The molecular weight excluding hydrogens is 254 g/mol. The summed E-state index contributed by atoms with van der Waals surface area (Å²) in [5.74, 6) is 1.46. The Morgan fingerprint density at radius 1 is 1.50 bits per heavy atom. The van der Waals surface area contributed by atoms with Crippen LogP contribution in [0.4, 0.5) is 0 Å². The second-order valence-electron chi connectivity index (χ2n) is 3.85. The minimum Gasteiger partial charge on any atom is -0.469 e. The molecule has 0 atom stereocenters. The Bertz CT molecular complexity index is 327. The van der Waals surface area contributed by atoms with E-state index in [1.165, 1.54) is 0 Å². The van der Waals surface area contributed by atoms with Gasteiger partial charge in [0.2, 0.25) is 5.91 Å². The van der Waals surface area contributed by atoms with Gasteiger partial charge in [-0.2, -0.15) is 0 Å². The van der Waals surface area contributed by atoms with Gasteiger partial charge in [0.1, 0.15) is 5.76 Å². The minimum atomic E-state index is 0.128. The molecule has 0 N–H and O–H groups in total. The highest BCUT2D eigenvalue weighted by Gasteiger charge is 2.11. The van der Waals surface area contributed by atoms with Crippen molar-refractivity contribution >= 4 is 17.5 Å².